The van der Waals surface area contributed by atoms with Gasteiger partial charge in [-0.2, -0.15) is 0 Å². The maximum atomic E-state index is 10.8. The van der Waals surface area contributed by atoms with Gasteiger partial charge in [0.25, 0.3) is 0 Å². The van der Waals surface area contributed by atoms with Crippen LogP contribution in [0.5, 0.6) is 0 Å². The van der Waals surface area contributed by atoms with Gasteiger partial charge in [0.05, 0.1) is 5.66 Å². The molecule has 0 radical (unpaired) electrons. The number of hydrogen-bond acceptors (Lipinski definition) is 1. The summed E-state index contributed by atoms with van der Waals surface area (Å²) in [6, 6.07) is 0. The Labute approximate surface area is 70.9 Å². The quantitative estimate of drug-likeness (QED) is 0.498. The molecule has 1 rings (SSSR count). The summed E-state index contributed by atoms with van der Waals surface area (Å²) in [4.78, 5) is 17.7. The molecular formula is C6H12ClO3P. The maximum absolute atomic E-state index is 10.8. The summed E-state index contributed by atoms with van der Waals surface area (Å²) >= 11 is 5.78. The molecule has 1 saturated carbocycles. The fourth-order valence-electron chi connectivity index (χ4n) is 1.44. The van der Waals surface area contributed by atoms with Gasteiger partial charge in [0.15, 0.2) is 0 Å². The van der Waals surface area contributed by atoms with Crippen LogP contribution in [0.15, 0.2) is 0 Å². The molecule has 11 heavy (non-hydrogen) atoms. The summed E-state index contributed by atoms with van der Waals surface area (Å²) in [6.07, 6.45) is 3.18. The topological polar surface area (TPSA) is 57.5 Å². The molecule has 0 bridgehead atoms. The van der Waals surface area contributed by atoms with Gasteiger partial charge < -0.3 is 9.79 Å². The first-order valence-corrected chi connectivity index (χ1v) is 5.83. The van der Waals surface area contributed by atoms with E-state index < -0.39 is 13.3 Å². The predicted octanol–water partition coefficient (Wildman–Crippen LogP) is 1.71. The highest BCUT2D eigenvalue weighted by Crippen LogP contribution is 2.49. The Morgan fingerprint density at radius 2 is 1.82 bits per heavy atom. The third-order valence-corrected chi connectivity index (χ3v) is 4.26. The summed E-state index contributed by atoms with van der Waals surface area (Å²) in [6.45, 7) is 0. The fraction of sp³-hybridized carbons (Fsp3) is 1.00. The van der Waals surface area contributed by atoms with E-state index in [9.17, 15) is 4.57 Å². The van der Waals surface area contributed by atoms with Crippen molar-refractivity contribution < 1.29 is 14.4 Å². The van der Waals surface area contributed by atoms with Gasteiger partial charge in [-0.25, -0.2) is 0 Å². The first-order valence-electron chi connectivity index (χ1n) is 3.71. The second-order valence-electron chi connectivity index (χ2n) is 2.96. The summed E-state index contributed by atoms with van der Waals surface area (Å²) in [5.41, 5.74) is -0.599. The largest absolute Gasteiger partial charge is 0.330 e. The molecule has 2 N–H and O–H groups in total. The smallest absolute Gasteiger partial charge is 0.324 e. The van der Waals surface area contributed by atoms with Gasteiger partial charge in [-0.05, 0) is 12.8 Å². The van der Waals surface area contributed by atoms with E-state index in [0.717, 1.165) is 19.3 Å². The normalized spacial score (nSPS) is 33.7. The van der Waals surface area contributed by atoms with E-state index in [0.29, 0.717) is 6.42 Å². The minimum atomic E-state index is -3.93. The Bertz CT molecular complexity index is 179. The molecule has 1 aliphatic rings. The molecule has 2 atom stereocenters. The maximum Gasteiger partial charge on any atom is 0.330 e. The molecular weight excluding hydrogens is 186 g/mol. The van der Waals surface area contributed by atoms with Crippen LogP contribution in [0, 0.1) is 0 Å². The lowest BCUT2D eigenvalue weighted by Gasteiger charge is -2.27. The summed E-state index contributed by atoms with van der Waals surface area (Å²) in [7, 11) is -3.93. The molecule has 2 unspecified atom stereocenters. The molecule has 0 aromatic rings. The Morgan fingerprint density at radius 3 is 2.18 bits per heavy atom. The fourth-order valence-corrected chi connectivity index (χ4v) is 3.26. The standard InChI is InChI=1S/C6H12ClO3P/c7-5-3-1-2-4-6(5)11(8,9)10/h5-6H,1-4H2,(H2,8,9,10). The average molecular weight is 199 g/mol. The third-order valence-electron chi connectivity index (χ3n) is 2.08. The van der Waals surface area contributed by atoms with Crippen molar-refractivity contribution in [3.8, 4) is 0 Å². The van der Waals surface area contributed by atoms with E-state index in [2.05, 4.69) is 0 Å². The molecule has 0 spiro atoms. The molecule has 1 aliphatic carbocycles. The van der Waals surface area contributed by atoms with E-state index >= 15 is 0 Å². The predicted molar refractivity (Wildman–Crippen MR) is 43.9 cm³/mol. The first-order chi connectivity index (χ1) is 5.02. The minimum Gasteiger partial charge on any atom is -0.324 e. The SMILES string of the molecule is O=P(O)(O)C1CCCCC1Cl. The Hall–Kier alpha value is 0.440. The van der Waals surface area contributed by atoms with Crippen molar-refractivity contribution in [3.63, 3.8) is 0 Å². The van der Waals surface area contributed by atoms with Gasteiger partial charge >= 0.3 is 7.60 Å². The second-order valence-corrected chi connectivity index (χ2v) is 5.36. The van der Waals surface area contributed by atoms with Crippen LogP contribution in [-0.4, -0.2) is 20.8 Å². The van der Waals surface area contributed by atoms with Crippen LogP contribution in [-0.2, 0) is 4.57 Å². The van der Waals surface area contributed by atoms with Crippen LogP contribution in [0.2, 0.25) is 0 Å². The highest BCUT2D eigenvalue weighted by Gasteiger charge is 2.36. The summed E-state index contributed by atoms with van der Waals surface area (Å²) < 4.78 is 10.8. The van der Waals surface area contributed by atoms with Gasteiger partial charge in [0.2, 0.25) is 0 Å². The molecule has 0 saturated heterocycles. The van der Waals surface area contributed by atoms with Crippen molar-refractivity contribution in [3.05, 3.63) is 0 Å². The van der Waals surface area contributed by atoms with Crippen LogP contribution < -0.4 is 0 Å². The van der Waals surface area contributed by atoms with Gasteiger partial charge in [-0.1, -0.05) is 12.8 Å². The van der Waals surface area contributed by atoms with Crippen molar-refractivity contribution in [2.45, 2.75) is 36.7 Å². The molecule has 3 nitrogen and oxygen atoms in total. The number of alkyl halides is 1. The molecule has 0 aliphatic heterocycles. The molecule has 0 amide bonds. The zero-order valence-electron chi connectivity index (χ0n) is 6.11. The first kappa shape index (κ1) is 9.53. The number of hydrogen-bond donors (Lipinski definition) is 2. The molecule has 0 heterocycles. The van der Waals surface area contributed by atoms with Crippen molar-refractivity contribution in [1.82, 2.24) is 0 Å². The average Bonchev–Trinajstić information content (AvgIpc) is 1.86. The molecule has 0 aromatic heterocycles. The number of halogens is 1. The second kappa shape index (κ2) is 3.44. The Balaban J connectivity index is 2.62. The molecule has 0 aromatic carbocycles. The van der Waals surface area contributed by atoms with Crippen LogP contribution in [0.4, 0.5) is 0 Å². The lowest BCUT2D eigenvalue weighted by molar-refractivity contribution is 0.338. The van der Waals surface area contributed by atoms with Crippen molar-refractivity contribution in [2.24, 2.45) is 0 Å². The van der Waals surface area contributed by atoms with Crippen LogP contribution in [0.25, 0.3) is 0 Å². The Kier molecular flexibility index (Phi) is 2.98. The van der Waals surface area contributed by atoms with E-state index in [4.69, 9.17) is 21.4 Å². The van der Waals surface area contributed by atoms with E-state index in [1.165, 1.54) is 0 Å². The summed E-state index contributed by atoms with van der Waals surface area (Å²) in [5.74, 6) is 0. The molecule has 5 heteroatoms. The highest BCUT2D eigenvalue weighted by atomic mass is 35.5. The van der Waals surface area contributed by atoms with Crippen LogP contribution >= 0.6 is 19.2 Å². The van der Waals surface area contributed by atoms with Gasteiger partial charge in [-0.3, -0.25) is 4.57 Å². The Morgan fingerprint density at radius 1 is 1.27 bits per heavy atom. The summed E-state index contributed by atoms with van der Waals surface area (Å²) in [5, 5.41) is -0.329. The minimum absolute atomic E-state index is 0.329. The monoisotopic (exact) mass is 198 g/mol. The van der Waals surface area contributed by atoms with Crippen molar-refractivity contribution >= 4 is 19.2 Å². The third kappa shape index (κ3) is 2.45. The van der Waals surface area contributed by atoms with E-state index in [1.807, 2.05) is 0 Å². The van der Waals surface area contributed by atoms with Gasteiger partial charge in [0, 0.05) is 5.38 Å². The van der Waals surface area contributed by atoms with Gasteiger partial charge in [-0.15, -0.1) is 11.6 Å². The van der Waals surface area contributed by atoms with Crippen LogP contribution in [0.1, 0.15) is 25.7 Å². The zero-order chi connectivity index (χ0) is 8.48. The highest BCUT2D eigenvalue weighted by molar-refractivity contribution is 7.52. The van der Waals surface area contributed by atoms with Gasteiger partial charge in [0.1, 0.15) is 0 Å². The van der Waals surface area contributed by atoms with E-state index in [1.54, 1.807) is 0 Å². The lowest BCUT2D eigenvalue weighted by Crippen LogP contribution is -2.25. The molecule has 1 fully saturated rings. The molecule has 66 valence electrons. The lowest BCUT2D eigenvalue weighted by atomic mass is 10.00. The number of rotatable bonds is 1. The van der Waals surface area contributed by atoms with E-state index in [-0.39, 0.29) is 5.38 Å². The van der Waals surface area contributed by atoms with Crippen molar-refractivity contribution in [1.29, 1.82) is 0 Å². The van der Waals surface area contributed by atoms with Crippen LogP contribution in [0.3, 0.4) is 0 Å². The van der Waals surface area contributed by atoms with Crippen molar-refractivity contribution in [2.75, 3.05) is 0 Å². The zero-order valence-corrected chi connectivity index (χ0v) is 7.76.